The minimum absolute atomic E-state index is 0.0102. The molecule has 0 amide bonds. The first-order chi connectivity index (χ1) is 6.35. The van der Waals surface area contributed by atoms with Crippen LogP contribution in [0.1, 0.15) is 26.3 Å². The maximum absolute atomic E-state index is 12.9. The Labute approximate surface area is 89.1 Å². The van der Waals surface area contributed by atoms with E-state index in [1.165, 1.54) is 6.07 Å². The van der Waals surface area contributed by atoms with Gasteiger partial charge in [-0.25, -0.2) is 4.39 Å². The molecule has 1 aromatic rings. The van der Waals surface area contributed by atoms with Gasteiger partial charge in [0.2, 0.25) is 0 Å². The highest BCUT2D eigenvalue weighted by molar-refractivity contribution is 6.30. The fourth-order valence-electron chi connectivity index (χ4n) is 1.16. The molecule has 0 aliphatic heterocycles. The first-order valence-electron chi connectivity index (χ1n) is 4.57. The molecular formula is C11H15ClFN. The second kappa shape index (κ2) is 3.87. The quantitative estimate of drug-likeness (QED) is 0.806. The van der Waals surface area contributed by atoms with E-state index in [2.05, 4.69) is 0 Å². The molecule has 0 aliphatic rings. The molecule has 0 saturated carbocycles. The summed E-state index contributed by atoms with van der Waals surface area (Å²) in [6, 6.07) is 4.73. The van der Waals surface area contributed by atoms with E-state index >= 15 is 0 Å². The van der Waals surface area contributed by atoms with Crippen LogP contribution in [0.25, 0.3) is 0 Å². The third-order valence-corrected chi connectivity index (χ3v) is 3.09. The number of rotatable bonds is 2. The number of hydrogen-bond donors (Lipinski definition) is 1. The van der Waals surface area contributed by atoms with Crippen LogP contribution in [0.3, 0.4) is 0 Å². The van der Waals surface area contributed by atoms with Crippen molar-refractivity contribution in [3.05, 3.63) is 34.6 Å². The van der Waals surface area contributed by atoms with Gasteiger partial charge in [0.25, 0.3) is 0 Å². The summed E-state index contributed by atoms with van der Waals surface area (Å²) < 4.78 is 12.9. The van der Waals surface area contributed by atoms with Gasteiger partial charge in [-0.1, -0.05) is 31.5 Å². The van der Waals surface area contributed by atoms with Crippen LogP contribution < -0.4 is 5.73 Å². The average molecular weight is 216 g/mol. The molecule has 0 bridgehead atoms. The van der Waals surface area contributed by atoms with Crippen LogP contribution >= 0.6 is 11.6 Å². The Morgan fingerprint density at radius 3 is 2.43 bits per heavy atom. The van der Waals surface area contributed by atoms with E-state index in [9.17, 15) is 4.39 Å². The zero-order valence-corrected chi connectivity index (χ0v) is 9.40. The van der Waals surface area contributed by atoms with Gasteiger partial charge in [-0.05, 0) is 24.6 Å². The van der Waals surface area contributed by atoms with E-state index in [0.717, 1.165) is 5.56 Å². The molecule has 1 rings (SSSR count). The van der Waals surface area contributed by atoms with E-state index in [1.807, 2.05) is 20.8 Å². The van der Waals surface area contributed by atoms with Gasteiger partial charge in [-0.15, -0.1) is 0 Å². The van der Waals surface area contributed by atoms with Crippen LogP contribution in [0.4, 0.5) is 4.39 Å². The van der Waals surface area contributed by atoms with Crippen LogP contribution in [-0.2, 0) is 5.41 Å². The smallest absolute Gasteiger partial charge is 0.141 e. The summed E-state index contributed by atoms with van der Waals surface area (Å²) in [6.45, 7) is 5.96. The first-order valence-corrected chi connectivity index (χ1v) is 4.94. The first kappa shape index (κ1) is 11.5. The highest BCUT2D eigenvalue weighted by Crippen LogP contribution is 2.29. The largest absolute Gasteiger partial charge is 0.327 e. The summed E-state index contributed by atoms with van der Waals surface area (Å²) in [5.41, 5.74) is 6.61. The molecule has 0 radical (unpaired) electrons. The van der Waals surface area contributed by atoms with Gasteiger partial charge in [0.15, 0.2) is 0 Å². The highest BCUT2D eigenvalue weighted by atomic mass is 35.5. The summed E-state index contributed by atoms with van der Waals surface area (Å²) >= 11 is 5.71. The fourth-order valence-corrected chi connectivity index (χ4v) is 1.34. The van der Waals surface area contributed by atoms with Gasteiger partial charge in [0.1, 0.15) is 5.82 Å². The van der Waals surface area contributed by atoms with Crippen LogP contribution in [0.5, 0.6) is 0 Å². The van der Waals surface area contributed by atoms with E-state index in [4.69, 9.17) is 17.3 Å². The fraction of sp³-hybridized carbons (Fsp3) is 0.455. The van der Waals surface area contributed by atoms with Crippen molar-refractivity contribution < 1.29 is 4.39 Å². The lowest BCUT2D eigenvalue weighted by molar-refractivity contribution is 0.433. The van der Waals surface area contributed by atoms with Crippen molar-refractivity contribution in [3.63, 3.8) is 0 Å². The number of halogens is 2. The Morgan fingerprint density at radius 2 is 2.00 bits per heavy atom. The summed E-state index contributed by atoms with van der Waals surface area (Å²) in [4.78, 5) is 0. The van der Waals surface area contributed by atoms with Gasteiger partial charge in [-0.3, -0.25) is 0 Å². The molecule has 2 N–H and O–H groups in total. The van der Waals surface area contributed by atoms with Crippen molar-refractivity contribution in [1.29, 1.82) is 0 Å². The summed E-state index contributed by atoms with van der Waals surface area (Å²) in [6.07, 6.45) is 0. The molecule has 0 fully saturated rings. The molecule has 1 aromatic carbocycles. The molecule has 0 spiro atoms. The minimum atomic E-state index is -0.393. The molecule has 14 heavy (non-hydrogen) atoms. The summed E-state index contributed by atoms with van der Waals surface area (Å²) in [7, 11) is 0. The van der Waals surface area contributed by atoms with Gasteiger partial charge < -0.3 is 5.73 Å². The average Bonchev–Trinajstić information content (AvgIpc) is 2.09. The lowest BCUT2D eigenvalue weighted by Crippen LogP contribution is -2.38. The Morgan fingerprint density at radius 1 is 1.43 bits per heavy atom. The van der Waals surface area contributed by atoms with Crippen LogP contribution in [-0.4, -0.2) is 6.04 Å². The molecule has 1 atom stereocenters. The highest BCUT2D eigenvalue weighted by Gasteiger charge is 2.25. The summed E-state index contributed by atoms with van der Waals surface area (Å²) in [5, 5.41) is 0.149. The monoisotopic (exact) mass is 215 g/mol. The van der Waals surface area contributed by atoms with Crippen molar-refractivity contribution in [2.45, 2.75) is 32.2 Å². The molecule has 0 aliphatic carbocycles. The molecule has 0 saturated heterocycles. The molecule has 3 heteroatoms. The van der Waals surface area contributed by atoms with E-state index in [-0.39, 0.29) is 16.5 Å². The van der Waals surface area contributed by atoms with Gasteiger partial charge in [0, 0.05) is 11.5 Å². The minimum Gasteiger partial charge on any atom is -0.327 e. The molecule has 0 aromatic heterocycles. The van der Waals surface area contributed by atoms with Gasteiger partial charge in [-0.2, -0.15) is 0 Å². The number of nitrogens with two attached hydrogens (primary N) is 1. The SMILES string of the molecule is CC(N)C(C)(C)c1ccc(F)c(Cl)c1. The van der Waals surface area contributed by atoms with Crippen LogP contribution in [0.15, 0.2) is 18.2 Å². The van der Waals surface area contributed by atoms with Crippen molar-refractivity contribution in [1.82, 2.24) is 0 Å². The normalized spacial score (nSPS) is 14.1. The number of benzene rings is 1. The van der Waals surface area contributed by atoms with Gasteiger partial charge in [0.05, 0.1) is 5.02 Å². The van der Waals surface area contributed by atoms with Crippen molar-refractivity contribution >= 4 is 11.6 Å². The van der Waals surface area contributed by atoms with Gasteiger partial charge >= 0.3 is 0 Å². The predicted molar refractivity (Wildman–Crippen MR) is 58.1 cm³/mol. The number of hydrogen-bond acceptors (Lipinski definition) is 1. The maximum atomic E-state index is 12.9. The Hall–Kier alpha value is -0.600. The molecule has 1 unspecified atom stereocenters. The lowest BCUT2D eigenvalue weighted by Gasteiger charge is -2.29. The zero-order valence-electron chi connectivity index (χ0n) is 8.64. The van der Waals surface area contributed by atoms with Crippen LogP contribution in [0.2, 0.25) is 5.02 Å². The van der Waals surface area contributed by atoms with Crippen molar-refractivity contribution in [2.24, 2.45) is 5.73 Å². The second-order valence-corrected chi connectivity index (χ2v) is 4.55. The van der Waals surface area contributed by atoms with Crippen molar-refractivity contribution in [3.8, 4) is 0 Å². The van der Waals surface area contributed by atoms with E-state index in [1.54, 1.807) is 12.1 Å². The summed E-state index contributed by atoms with van der Waals surface area (Å²) in [5.74, 6) is -0.393. The predicted octanol–water partition coefficient (Wildman–Crippen LogP) is 3.10. The molecular weight excluding hydrogens is 201 g/mol. The van der Waals surface area contributed by atoms with Crippen molar-refractivity contribution in [2.75, 3.05) is 0 Å². The third kappa shape index (κ3) is 2.07. The standard InChI is InChI=1S/C11H15ClFN/c1-7(14)11(2,3)8-4-5-10(13)9(12)6-8/h4-7H,14H2,1-3H3. The molecule has 1 nitrogen and oxygen atoms in total. The Kier molecular flexibility index (Phi) is 3.17. The van der Waals surface area contributed by atoms with Crippen LogP contribution in [0, 0.1) is 5.82 Å². The maximum Gasteiger partial charge on any atom is 0.141 e. The Balaban J connectivity index is 3.14. The topological polar surface area (TPSA) is 26.0 Å². The van der Waals surface area contributed by atoms with E-state index in [0.29, 0.717) is 0 Å². The lowest BCUT2D eigenvalue weighted by atomic mass is 9.79. The second-order valence-electron chi connectivity index (χ2n) is 4.14. The van der Waals surface area contributed by atoms with E-state index < -0.39 is 5.82 Å². The Bertz CT molecular complexity index is 334. The third-order valence-electron chi connectivity index (χ3n) is 2.80. The molecule has 0 heterocycles. The zero-order chi connectivity index (χ0) is 10.9. The molecule has 78 valence electrons.